The first kappa shape index (κ1) is 16.2. The molecule has 0 amide bonds. The molecule has 0 aliphatic heterocycles. The van der Waals surface area contributed by atoms with Crippen LogP contribution in [0.15, 0.2) is 4.99 Å². The molecular formula is C12H23N2O2S+. The molecule has 0 aromatic heterocycles. The minimum Gasteiger partial charge on any atom is -0.462 e. The number of isothiocyanates is 1. The van der Waals surface area contributed by atoms with Gasteiger partial charge in [0.15, 0.2) is 6.54 Å². The van der Waals surface area contributed by atoms with Crippen LogP contribution in [0.4, 0.5) is 0 Å². The zero-order chi connectivity index (χ0) is 13.1. The van der Waals surface area contributed by atoms with Crippen molar-refractivity contribution in [2.24, 2.45) is 4.99 Å². The predicted molar refractivity (Wildman–Crippen MR) is 72.2 cm³/mol. The van der Waals surface area contributed by atoms with Crippen LogP contribution in [-0.2, 0) is 9.53 Å². The summed E-state index contributed by atoms with van der Waals surface area (Å²) in [5.74, 6) is -0.116. The summed E-state index contributed by atoms with van der Waals surface area (Å²) in [7, 11) is 0. The molecule has 0 aromatic rings. The van der Waals surface area contributed by atoms with Crippen molar-refractivity contribution in [1.29, 1.82) is 0 Å². The first-order valence-electron chi connectivity index (χ1n) is 6.18. The normalized spacial score (nSPS) is 10.8. The minimum atomic E-state index is -0.116. The smallest absolute Gasteiger partial charge is 0.361 e. The number of carbonyl (C=O) groups excluding carboxylic acids is 1. The van der Waals surface area contributed by atoms with Gasteiger partial charge in [-0.1, -0.05) is 0 Å². The van der Waals surface area contributed by atoms with E-state index in [-0.39, 0.29) is 5.97 Å². The molecule has 0 aliphatic carbocycles. The Morgan fingerprint density at radius 3 is 2.47 bits per heavy atom. The molecule has 98 valence electrons. The number of ether oxygens (including phenoxy) is 1. The summed E-state index contributed by atoms with van der Waals surface area (Å²) in [4.78, 5) is 15.5. The van der Waals surface area contributed by atoms with Gasteiger partial charge in [-0.3, -0.25) is 0 Å². The number of carbonyl (C=O) groups is 1. The van der Waals surface area contributed by atoms with Crippen LogP contribution in [0.25, 0.3) is 0 Å². The maximum absolute atomic E-state index is 11.6. The van der Waals surface area contributed by atoms with Gasteiger partial charge in [0.1, 0.15) is 0 Å². The summed E-state index contributed by atoms with van der Waals surface area (Å²) in [6.45, 7) is 10.4. The van der Waals surface area contributed by atoms with Gasteiger partial charge in [-0.05, 0) is 33.0 Å². The fourth-order valence-corrected chi connectivity index (χ4v) is 1.95. The molecule has 0 fully saturated rings. The van der Waals surface area contributed by atoms with Gasteiger partial charge in [0.05, 0.1) is 37.9 Å². The highest BCUT2D eigenvalue weighted by Crippen LogP contribution is 2.08. The number of esters is 1. The Balaban J connectivity index is 4.33. The van der Waals surface area contributed by atoms with E-state index in [0.717, 1.165) is 30.5 Å². The Morgan fingerprint density at radius 2 is 2.00 bits per heavy atom. The van der Waals surface area contributed by atoms with Crippen LogP contribution >= 0.6 is 12.2 Å². The standard InChI is InChI=1S/C12H23N2O2S/c1-4-14(5-2,9-7-8-13-11-17)10-12(15)16-6-3/h4-10H2,1-3H3/q+1. The van der Waals surface area contributed by atoms with Gasteiger partial charge in [0.25, 0.3) is 0 Å². The largest absolute Gasteiger partial charge is 0.462 e. The van der Waals surface area contributed by atoms with Crippen LogP contribution in [0, 0.1) is 0 Å². The monoisotopic (exact) mass is 259 g/mol. The molecule has 0 atom stereocenters. The number of hydrogen-bond donors (Lipinski definition) is 0. The van der Waals surface area contributed by atoms with Crippen LogP contribution < -0.4 is 0 Å². The van der Waals surface area contributed by atoms with Crippen molar-refractivity contribution >= 4 is 23.3 Å². The van der Waals surface area contributed by atoms with E-state index >= 15 is 0 Å². The third-order valence-corrected chi connectivity index (χ3v) is 3.21. The maximum Gasteiger partial charge on any atom is 0.361 e. The molecule has 0 unspecified atom stereocenters. The Hall–Kier alpha value is -0.770. The van der Waals surface area contributed by atoms with Gasteiger partial charge < -0.3 is 9.22 Å². The van der Waals surface area contributed by atoms with E-state index in [4.69, 9.17) is 4.74 Å². The van der Waals surface area contributed by atoms with Gasteiger partial charge in [-0.25, -0.2) is 9.79 Å². The first-order valence-corrected chi connectivity index (χ1v) is 6.59. The van der Waals surface area contributed by atoms with Gasteiger partial charge in [-0.2, -0.15) is 0 Å². The molecule has 0 spiro atoms. The van der Waals surface area contributed by atoms with Crippen molar-refractivity contribution in [1.82, 2.24) is 0 Å². The van der Waals surface area contributed by atoms with Crippen LogP contribution in [0.5, 0.6) is 0 Å². The van der Waals surface area contributed by atoms with E-state index in [1.807, 2.05) is 6.92 Å². The highest BCUT2D eigenvalue weighted by molar-refractivity contribution is 7.78. The first-order chi connectivity index (χ1) is 8.14. The van der Waals surface area contributed by atoms with Crippen molar-refractivity contribution in [3.05, 3.63) is 0 Å². The Bertz CT molecular complexity index is 272. The lowest BCUT2D eigenvalue weighted by molar-refractivity contribution is -0.918. The number of likely N-dealkylation sites (N-methyl/N-ethyl adjacent to an activating group) is 1. The lowest BCUT2D eigenvalue weighted by Crippen LogP contribution is -2.52. The van der Waals surface area contributed by atoms with E-state index in [1.54, 1.807) is 0 Å². The number of aliphatic imine (C=N–C) groups is 1. The van der Waals surface area contributed by atoms with E-state index in [1.165, 1.54) is 0 Å². The summed E-state index contributed by atoms with van der Waals surface area (Å²) in [5, 5.41) is 2.36. The molecule has 0 saturated carbocycles. The van der Waals surface area contributed by atoms with E-state index in [9.17, 15) is 4.79 Å². The quantitative estimate of drug-likeness (QED) is 0.209. The third-order valence-electron chi connectivity index (χ3n) is 3.08. The summed E-state index contributed by atoms with van der Waals surface area (Å²) >= 11 is 4.52. The number of rotatable bonds is 9. The molecule has 0 aliphatic rings. The molecule has 0 bridgehead atoms. The second-order valence-electron chi connectivity index (χ2n) is 3.99. The summed E-state index contributed by atoms with van der Waals surface area (Å²) in [6.07, 6.45) is 0.921. The van der Waals surface area contributed by atoms with Crippen molar-refractivity contribution in [2.75, 3.05) is 39.3 Å². The Labute approximate surface area is 109 Å². The topological polar surface area (TPSA) is 38.7 Å². The molecule has 0 saturated heterocycles. The zero-order valence-electron chi connectivity index (χ0n) is 11.1. The molecule has 0 N–H and O–H groups in total. The average molecular weight is 259 g/mol. The molecule has 5 heteroatoms. The van der Waals surface area contributed by atoms with Crippen molar-refractivity contribution in [3.8, 4) is 0 Å². The summed E-state index contributed by atoms with van der Waals surface area (Å²) in [5.41, 5.74) is 0. The van der Waals surface area contributed by atoms with Crippen molar-refractivity contribution < 1.29 is 14.0 Å². The number of nitrogens with zero attached hydrogens (tertiary/aromatic N) is 2. The molecule has 0 heterocycles. The van der Waals surface area contributed by atoms with Gasteiger partial charge in [0, 0.05) is 6.42 Å². The van der Waals surface area contributed by atoms with E-state index in [0.29, 0.717) is 19.7 Å². The Morgan fingerprint density at radius 1 is 1.35 bits per heavy atom. The maximum atomic E-state index is 11.6. The lowest BCUT2D eigenvalue weighted by atomic mass is 10.2. The van der Waals surface area contributed by atoms with Crippen molar-refractivity contribution in [3.63, 3.8) is 0 Å². The summed E-state index contributed by atoms with van der Waals surface area (Å²) < 4.78 is 5.78. The minimum absolute atomic E-state index is 0.116. The SMILES string of the molecule is CCOC(=O)C[N+](CC)(CC)CCCN=C=S. The molecule has 0 aromatic carbocycles. The van der Waals surface area contributed by atoms with Crippen LogP contribution in [0.3, 0.4) is 0 Å². The zero-order valence-corrected chi connectivity index (χ0v) is 11.9. The highest BCUT2D eigenvalue weighted by atomic mass is 32.1. The number of quaternary nitrogens is 1. The molecule has 17 heavy (non-hydrogen) atoms. The van der Waals surface area contributed by atoms with Gasteiger partial charge in [-0.15, -0.1) is 0 Å². The fourth-order valence-electron chi connectivity index (χ4n) is 1.85. The molecular weight excluding hydrogens is 236 g/mol. The van der Waals surface area contributed by atoms with Gasteiger partial charge in [0.2, 0.25) is 0 Å². The van der Waals surface area contributed by atoms with Crippen LogP contribution in [0.1, 0.15) is 27.2 Å². The van der Waals surface area contributed by atoms with Crippen molar-refractivity contribution in [2.45, 2.75) is 27.2 Å². The fraction of sp³-hybridized carbons (Fsp3) is 0.833. The molecule has 4 nitrogen and oxygen atoms in total. The number of hydrogen-bond acceptors (Lipinski definition) is 4. The van der Waals surface area contributed by atoms with E-state index in [2.05, 4.69) is 36.2 Å². The predicted octanol–water partition coefficient (Wildman–Crippen LogP) is 1.90. The van der Waals surface area contributed by atoms with E-state index < -0.39 is 0 Å². The van der Waals surface area contributed by atoms with Crippen LogP contribution in [0.2, 0.25) is 0 Å². The van der Waals surface area contributed by atoms with Crippen LogP contribution in [-0.4, -0.2) is 54.9 Å². The highest BCUT2D eigenvalue weighted by Gasteiger charge is 2.26. The average Bonchev–Trinajstić information content (AvgIpc) is 2.33. The Kier molecular flexibility index (Phi) is 8.86. The third kappa shape index (κ3) is 6.51. The summed E-state index contributed by atoms with van der Waals surface area (Å²) in [6, 6.07) is 0. The second-order valence-corrected chi connectivity index (χ2v) is 4.17. The molecule has 0 rings (SSSR count). The molecule has 0 radical (unpaired) electrons. The second kappa shape index (κ2) is 9.28. The number of thiocarbonyl (C=S) groups is 1. The van der Waals surface area contributed by atoms with Gasteiger partial charge >= 0.3 is 5.97 Å². The lowest BCUT2D eigenvalue weighted by Gasteiger charge is -2.35.